The maximum atomic E-state index is 11.5. The molecule has 0 amide bonds. The molecule has 0 atom stereocenters. The van der Waals surface area contributed by atoms with Gasteiger partial charge in [-0.3, -0.25) is 0 Å². The lowest BCUT2D eigenvalue weighted by Gasteiger charge is -2.06. The highest BCUT2D eigenvalue weighted by Crippen LogP contribution is 2.24. The van der Waals surface area contributed by atoms with Gasteiger partial charge in [0.1, 0.15) is 5.75 Å². The van der Waals surface area contributed by atoms with Crippen LogP contribution in [0.1, 0.15) is 24.3 Å². The van der Waals surface area contributed by atoms with Crippen LogP contribution in [0.4, 0.5) is 10.8 Å². The van der Waals surface area contributed by atoms with Crippen molar-refractivity contribution in [2.45, 2.75) is 13.8 Å². The van der Waals surface area contributed by atoms with Crippen molar-refractivity contribution in [1.29, 1.82) is 0 Å². The second-order valence-electron chi connectivity index (χ2n) is 3.84. The average molecular weight is 292 g/mol. The topological polar surface area (TPSA) is 60.5 Å². The van der Waals surface area contributed by atoms with E-state index >= 15 is 0 Å². The first kappa shape index (κ1) is 14.3. The number of anilines is 2. The molecular formula is C14H16N2O3S. The Morgan fingerprint density at radius 1 is 1.35 bits per heavy atom. The van der Waals surface area contributed by atoms with Crippen LogP contribution < -0.4 is 10.1 Å². The largest absolute Gasteiger partial charge is 0.494 e. The van der Waals surface area contributed by atoms with E-state index in [4.69, 9.17) is 9.47 Å². The van der Waals surface area contributed by atoms with Crippen LogP contribution in [-0.2, 0) is 4.74 Å². The van der Waals surface area contributed by atoms with Gasteiger partial charge in [-0.05, 0) is 26.0 Å². The van der Waals surface area contributed by atoms with Crippen molar-refractivity contribution in [3.05, 3.63) is 35.3 Å². The van der Waals surface area contributed by atoms with E-state index in [1.54, 1.807) is 12.3 Å². The van der Waals surface area contributed by atoms with Crippen LogP contribution in [0.25, 0.3) is 0 Å². The Bertz CT molecular complexity index is 583. The molecule has 0 aliphatic carbocycles. The number of hydrogen-bond acceptors (Lipinski definition) is 6. The van der Waals surface area contributed by atoms with Gasteiger partial charge in [-0.15, -0.1) is 11.3 Å². The molecule has 0 saturated heterocycles. The standard InChI is InChI=1S/C14H16N2O3S/c1-3-18-11-7-5-6-10(8-11)15-14-16-12(9-20-14)13(17)19-4-2/h5-9H,3-4H2,1-2H3,(H,15,16). The van der Waals surface area contributed by atoms with E-state index in [0.29, 0.717) is 24.0 Å². The first-order valence-electron chi connectivity index (χ1n) is 6.35. The van der Waals surface area contributed by atoms with E-state index in [1.807, 2.05) is 31.2 Å². The molecule has 106 valence electrons. The van der Waals surface area contributed by atoms with E-state index in [1.165, 1.54) is 11.3 Å². The first-order chi connectivity index (χ1) is 9.72. The van der Waals surface area contributed by atoms with Gasteiger partial charge in [0, 0.05) is 17.1 Å². The monoisotopic (exact) mass is 292 g/mol. The van der Waals surface area contributed by atoms with Gasteiger partial charge in [-0.2, -0.15) is 0 Å². The summed E-state index contributed by atoms with van der Waals surface area (Å²) in [6, 6.07) is 7.58. The maximum Gasteiger partial charge on any atom is 0.357 e. The number of carbonyl (C=O) groups excluding carboxylic acids is 1. The Labute approximate surface area is 121 Å². The number of esters is 1. The number of nitrogens with zero attached hydrogens (tertiary/aromatic N) is 1. The highest BCUT2D eigenvalue weighted by Gasteiger charge is 2.11. The van der Waals surface area contributed by atoms with Gasteiger partial charge < -0.3 is 14.8 Å². The molecule has 1 heterocycles. The third-order valence-corrected chi connectivity index (χ3v) is 3.14. The molecule has 0 bridgehead atoms. The minimum absolute atomic E-state index is 0.320. The lowest BCUT2D eigenvalue weighted by Crippen LogP contribution is -2.05. The number of rotatable bonds is 6. The van der Waals surface area contributed by atoms with Gasteiger partial charge in [0.25, 0.3) is 0 Å². The summed E-state index contributed by atoms with van der Waals surface area (Å²) in [5.41, 5.74) is 1.18. The van der Waals surface area contributed by atoms with Crippen molar-refractivity contribution in [2.24, 2.45) is 0 Å². The number of benzene rings is 1. The van der Waals surface area contributed by atoms with E-state index in [2.05, 4.69) is 10.3 Å². The van der Waals surface area contributed by atoms with Crippen LogP contribution >= 0.6 is 11.3 Å². The number of thiazole rings is 1. The summed E-state index contributed by atoms with van der Waals surface area (Å²) in [7, 11) is 0. The Kier molecular flexibility index (Phi) is 4.95. The van der Waals surface area contributed by atoms with Crippen LogP contribution in [0.5, 0.6) is 5.75 Å². The van der Waals surface area contributed by atoms with Crippen molar-refractivity contribution in [3.8, 4) is 5.75 Å². The van der Waals surface area contributed by atoms with E-state index in [0.717, 1.165) is 11.4 Å². The first-order valence-corrected chi connectivity index (χ1v) is 7.23. The Morgan fingerprint density at radius 3 is 2.95 bits per heavy atom. The Hall–Kier alpha value is -2.08. The molecule has 1 N–H and O–H groups in total. The van der Waals surface area contributed by atoms with Crippen LogP contribution in [0.15, 0.2) is 29.6 Å². The normalized spacial score (nSPS) is 10.1. The average Bonchev–Trinajstić information content (AvgIpc) is 2.88. The summed E-state index contributed by atoms with van der Waals surface area (Å²) in [4.78, 5) is 15.7. The molecular weight excluding hydrogens is 276 g/mol. The Morgan fingerprint density at radius 2 is 2.20 bits per heavy atom. The van der Waals surface area contributed by atoms with Gasteiger partial charge in [-0.1, -0.05) is 6.07 Å². The highest BCUT2D eigenvalue weighted by atomic mass is 32.1. The molecule has 2 aromatic rings. The minimum atomic E-state index is -0.403. The molecule has 0 saturated carbocycles. The van der Waals surface area contributed by atoms with Crippen LogP contribution in [0, 0.1) is 0 Å². The van der Waals surface area contributed by atoms with Gasteiger partial charge in [0.15, 0.2) is 10.8 Å². The molecule has 20 heavy (non-hydrogen) atoms. The zero-order valence-electron chi connectivity index (χ0n) is 11.4. The molecule has 0 unspecified atom stereocenters. The summed E-state index contributed by atoms with van der Waals surface area (Å²) in [6.45, 7) is 4.67. The summed E-state index contributed by atoms with van der Waals surface area (Å²) >= 11 is 1.35. The van der Waals surface area contributed by atoms with Crippen LogP contribution in [0.3, 0.4) is 0 Å². The molecule has 1 aromatic carbocycles. The Balaban J connectivity index is 2.06. The number of hydrogen-bond donors (Lipinski definition) is 1. The second kappa shape index (κ2) is 6.91. The molecule has 0 aliphatic rings. The summed E-state index contributed by atoms with van der Waals surface area (Å²) < 4.78 is 10.3. The van der Waals surface area contributed by atoms with Crippen molar-refractivity contribution in [3.63, 3.8) is 0 Å². The fourth-order valence-corrected chi connectivity index (χ4v) is 2.28. The fourth-order valence-electron chi connectivity index (χ4n) is 1.58. The summed E-state index contributed by atoms with van der Waals surface area (Å²) in [6.07, 6.45) is 0. The number of ether oxygens (including phenoxy) is 2. The van der Waals surface area contributed by atoms with Gasteiger partial charge in [0.2, 0.25) is 0 Å². The van der Waals surface area contributed by atoms with E-state index in [9.17, 15) is 4.79 Å². The molecule has 5 nitrogen and oxygen atoms in total. The zero-order chi connectivity index (χ0) is 14.4. The molecule has 2 rings (SSSR count). The molecule has 1 aromatic heterocycles. The quantitative estimate of drug-likeness (QED) is 0.826. The number of aromatic nitrogens is 1. The smallest absolute Gasteiger partial charge is 0.357 e. The van der Waals surface area contributed by atoms with E-state index < -0.39 is 5.97 Å². The van der Waals surface area contributed by atoms with Crippen LogP contribution in [-0.4, -0.2) is 24.2 Å². The molecule has 0 fully saturated rings. The van der Waals surface area contributed by atoms with Crippen molar-refractivity contribution in [1.82, 2.24) is 4.98 Å². The van der Waals surface area contributed by atoms with Crippen LogP contribution in [0.2, 0.25) is 0 Å². The lowest BCUT2D eigenvalue weighted by molar-refractivity contribution is 0.0520. The predicted octanol–water partition coefficient (Wildman–Crippen LogP) is 3.46. The maximum absolute atomic E-state index is 11.5. The second-order valence-corrected chi connectivity index (χ2v) is 4.70. The molecule has 0 spiro atoms. The fraction of sp³-hybridized carbons (Fsp3) is 0.286. The predicted molar refractivity (Wildman–Crippen MR) is 79.0 cm³/mol. The van der Waals surface area contributed by atoms with Gasteiger partial charge in [-0.25, -0.2) is 9.78 Å². The molecule has 6 heteroatoms. The third-order valence-electron chi connectivity index (χ3n) is 2.39. The highest BCUT2D eigenvalue weighted by molar-refractivity contribution is 7.14. The molecule has 0 radical (unpaired) electrons. The zero-order valence-corrected chi connectivity index (χ0v) is 12.2. The van der Waals surface area contributed by atoms with Crippen molar-refractivity contribution in [2.75, 3.05) is 18.5 Å². The third kappa shape index (κ3) is 3.71. The molecule has 0 aliphatic heterocycles. The van der Waals surface area contributed by atoms with Gasteiger partial charge >= 0.3 is 5.97 Å². The number of nitrogens with one attached hydrogen (secondary N) is 1. The SMILES string of the molecule is CCOC(=O)c1csc(Nc2cccc(OCC)c2)n1. The van der Waals surface area contributed by atoms with Crippen molar-refractivity contribution < 1.29 is 14.3 Å². The summed E-state index contributed by atoms with van der Waals surface area (Å²) in [5.74, 6) is 0.388. The van der Waals surface area contributed by atoms with Gasteiger partial charge in [0.05, 0.1) is 13.2 Å². The summed E-state index contributed by atoms with van der Waals surface area (Å²) in [5, 5.41) is 5.45. The van der Waals surface area contributed by atoms with E-state index in [-0.39, 0.29) is 0 Å². The minimum Gasteiger partial charge on any atom is -0.494 e. The van der Waals surface area contributed by atoms with Crippen molar-refractivity contribution >= 4 is 28.1 Å². The lowest BCUT2D eigenvalue weighted by atomic mass is 10.3. The number of carbonyl (C=O) groups is 1.